The quantitative estimate of drug-likeness (QED) is 0.301. The molecule has 1 unspecified atom stereocenters. The predicted octanol–water partition coefficient (Wildman–Crippen LogP) is 5.43. The zero-order valence-electron chi connectivity index (χ0n) is 18.1. The maximum Gasteiger partial charge on any atom is 0.331 e. The lowest BCUT2D eigenvalue weighted by molar-refractivity contribution is -0.151. The molecule has 0 radical (unpaired) electrons. The zero-order chi connectivity index (χ0) is 21.9. The molecule has 0 spiro atoms. The van der Waals surface area contributed by atoms with Gasteiger partial charge in [-0.1, -0.05) is 54.6 Å². The fourth-order valence-electron chi connectivity index (χ4n) is 5.30. The molecule has 0 amide bonds. The number of hydrogen-bond acceptors (Lipinski definition) is 4. The van der Waals surface area contributed by atoms with Crippen molar-refractivity contribution in [2.45, 2.75) is 25.0 Å². The topological polar surface area (TPSA) is 42.4 Å². The Kier molecular flexibility index (Phi) is 5.87. The molecule has 3 aromatic rings. The average molecular weight is 425 g/mol. The van der Waals surface area contributed by atoms with Crippen molar-refractivity contribution < 1.29 is 9.53 Å². The molecule has 2 bridgehead atoms. The van der Waals surface area contributed by atoms with E-state index in [-0.39, 0.29) is 18.1 Å². The zero-order valence-corrected chi connectivity index (χ0v) is 18.1. The third kappa shape index (κ3) is 4.11. The second-order valence-corrected chi connectivity index (χ2v) is 8.77. The number of carbonyl (C=O) groups excluding carboxylic acids is 1. The van der Waals surface area contributed by atoms with E-state index in [0.29, 0.717) is 11.8 Å². The fourth-order valence-corrected chi connectivity index (χ4v) is 5.30. The van der Waals surface area contributed by atoms with E-state index < -0.39 is 0 Å². The number of piperidine rings is 3. The summed E-state index contributed by atoms with van der Waals surface area (Å²) >= 11 is 0. The first-order valence-electron chi connectivity index (χ1n) is 11.4. The number of esters is 1. The van der Waals surface area contributed by atoms with Crippen LogP contribution in [0.25, 0.3) is 17.0 Å². The van der Waals surface area contributed by atoms with Crippen LogP contribution in [0.1, 0.15) is 30.1 Å². The van der Waals surface area contributed by atoms with Crippen molar-refractivity contribution in [3.63, 3.8) is 0 Å². The Morgan fingerprint density at radius 2 is 1.94 bits per heavy atom. The van der Waals surface area contributed by atoms with Gasteiger partial charge in [0.2, 0.25) is 0 Å². The van der Waals surface area contributed by atoms with Crippen molar-refractivity contribution in [1.29, 1.82) is 0 Å². The largest absolute Gasteiger partial charge is 0.453 e. The number of ether oxygens (including phenoxy) is 1. The number of carbonyl (C=O) groups is 1. The molecule has 3 aliphatic heterocycles. The van der Waals surface area contributed by atoms with Crippen LogP contribution >= 0.6 is 0 Å². The van der Waals surface area contributed by atoms with E-state index in [4.69, 9.17) is 4.74 Å². The lowest BCUT2D eigenvalue weighted by Crippen LogP contribution is -2.55. The van der Waals surface area contributed by atoms with E-state index in [1.165, 1.54) is 12.5 Å². The average Bonchev–Trinajstić information content (AvgIpc) is 2.86. The van der Waals surface area contributed by atoms with Gasteiger partial charge in [-0.3, -0.25) is 9.88 Å². The molecule has 5 atom stereocenters. The van der Waals surface area contributed by atoms with Crippen LogP contribution in [-0.4, -0.2) is 35.0 Å². The maximum absolute atomic E-state index is 12.9. The summed E-state index contributed by atoms with van der Waals surface area (Å²) in [4.78, 5) is 19.9. The van der Waals surface area contributed by atoms with Crippen LogP contribution < -0.4 is 0 Å². The number of hydrogen-bond donors (Lipinski definition) is 0. The van der Waals surface area contributed by atoms with E-state index in [1.54, 1.807) is 0 Å². The van der Waals surface area contributed by atoms with E-state index in [9.17, 15) is 4.79 Å². The van der Waals surface area contributed by atoms with Gasteiger partial charge in [0.25, 0.3) is 0 Å². The lowest BCUT2D eigenvalue weighted by Gasteiger charge is -2.51. The minimum Gasteiger partial charge on any atom is -0.453 e. The number of para-hydroxylation sites is 1. The molecule has 4 heteroatoms. The van der Waals surface area contributed by atoms with Crippen molar-refractivity contribution in [3.8, 4) is 0 Å². The van der Waals surface area contributed by atoms with Gasteiger partial charge in [-0.05, 0) is 55.0 Å². The van der Waals surface area contributed by atoms with Crippen LogP contribution in [0.4, 0.5) is 0 Å². The Morgan fingerprint density at radius 1 is 1.12 bits per heavy atom. The number of rotatable bonds is 6. The van der Waals surface area contributed by atoms with E-state index >= 15 is 0 Å². The number of pyridine rings is 1. The van der Waals surface area contributed by atoms with Gasteiger partial charge in [0.1, 0.15) is 6.10 Å². The third-order valence-electron chi connectivity index (χ3n) is 6.95. The van der Waals surface area contributed by atoms with Gasteiger partial charge in [0.15, 0.2) is 0 Å². The molecule has 0 saturated carbocycles. The Balaban J connectivity index is 1.47. The maximum atomic E-state index is 12.9. The molecule has 3 saturated heterocycles. The van der Waals surface area contributed by atoms with Crippen LogP contribution in [0, 0.1) is 11.8 Å². The van der Waals surface area contributed by atoms with E-state index in [2.05, 4.69) is 28.6 Å². The molecule has 32 heavy (non-hydrogen) atoms. The molecule has 0 N–H and O–H groups in total. The predicted molar refractivity (Wildman–Crippen MR) is 128 cm³/mol. The van der Waals surface area contributed by atoms with Crippen molar-refractivity contribution in [2.75, 3.05) is 13.1 Å². The summed E-state index contributed by atoms with van der Waals surface area (Å²) in [6.45, 7) is 6.06. The smallest absolute Gasteiger partial charge is 0.331 e. The van der Waals surface area contributed by atoms with E-state index in [1.807, 2.05) is 66.9 Å². The van der Waals surface area contributed by atoms with Crippen LogP contribution in [0.15, 0.2) is 85.6 Å². The molecule has 2 aromatic carbocycles. The second kappa shape index (κ2) is 9.09. The van der Waals surface area contributed by atoms with Gasteiger partial charge in [-0.15, -0.1) is 6.58 Å². The standard InChI is InChI=1S/C28H28N2O2/c1-2-21-19-30-17-15-22(21)18-26(30)28(24-14-16-29-25-11-7-6-10-23(24)25)32-27(31)13-12-20-8-4-3-5-9-20/h2-14,16,21-22,26,28H,1,15,17-19H2/b13-12+/t21-,22+,26+,28-/m0/s1. The first kappa shape index (κ1) is 20.7. The minimum atomic E-state index is -0.343. The van der Waals surface area contributed by atoms with Crippen molar-refractivity contribution in [3.05, 3.63) is 96.7 Å². The monoisotopic (exact) mass is 424 g/mol. The molecule has 3 fully saturated rings. The molecular weight excluding hydrogens is 396 g/mol. The SMILES string of the molecule is C=C[C@H]1CN2CC[C@@H]1C[C@@H]2[C@@H](OC(=O)/C=C/c1ccccc1)c1ccnc2ccccc12. The summed E-state index contributed by atoms with van der Waals surface area (Å²) in [5, 5.41) is 1.04. The highest BCUT2D eigenvalue weighted by Gasteiger charge is 2.44. The van der Waals surface area contributed by atoms with Crippen molar-refractivity contribution >= 4 is 22.9 Å². The molecule has 1 aromatic heterocycles. The highest BCUT2D eigenvalue weighted by Crippen LogP contribution is 2.43. The molecule has 4 heterocycles. The first-order chi connectivity index (χ1) is 15.7. The Morgan fingerprint density at radius 3 is 2.72 bits per heavy atom. The first-order valence-corrected chi connectivity index (χ1v) is 11.4. The van der Waals surface area contributed by atoms with Crippen LogP contribution in [0.5, 0.6) is 0 Å². The molecule has 162 valence electrons. The normalized spacial score (nSPS) is 25.6. The van der Waals surface area contributed by atoms with Gasteiger partial charge in [-0.2, -0.15) is 0 Å². The van der Waals surface area contributed by atoms with Crippen LogP contribution in [0.3, 0.4) is 0 Å². The number of benzene rings is 2. The number of nitrogens with zero attached hydrogens (tertiary/aromatic N) is 2. The van der Waals surface area contributed by atoms with Crippen molar-refractivity contribution in [1.82, 2.24) is 9.88 Å². The summed E-state index contributed by atoms with van der Waals surface area (Å²) in [5.41, 5.74) is 2.93. The Labute approximate surface area is 189 Å². The van der Waals surface area contributed by atoms with Gasteiger partial charge in [-0.25, -0.2) is 4.79 Å². The summed E-state index contributed by atoms with van der Waals surface area (Å²) in [6, 6.07) is 20.1. The number of aromatic nitrogens is 1. The molecule has 3 aliphatic rings. The summed E-state index contributed by atoms with van der Waals surface area (Å²) in [6.07, 6.45) is 9.11. The van der Waals surface area contributed by atoms with Gasteiger partial charge >= 0.3 is 5.97 Å². The third-order valence-corrected chi connectivity index (χ3v) is 6.95. The van der Waals surface area contributed by atoms with Gasteiger partial charge in [0.05, 0.1) is 11.6 Å². The highest BCUT2D eigenvalue weighted by molar-refractivity contribution is 5.88. The van der Waals surface area contributed by atoms with Gasteiger partial charge < -0.3 is 4.74 Å². The summed E-state index contributed by atoms with van der Waals surface area (Å²) in [7, 11) is 0. The van der Waals surface area contributed by atoms with Crippen molar-refractivity contribution in [2.24, 2.45) is 11.8 Å². The summed E-state index contributed by atoms with van der Waals surface area (Å²) in [5.74, 6) is 0.794. The second-order valence-electron chi connectivity index (χ2n) is 8.77. The van der Waals surface area contributed by atoms with Crippen LogP contribution in [-0.2, 0) is 9.53 Å². The lowest BCUT2D eigenvalue weighted by atomic mass is 9.73. The highest BCUT2D eigenvalue weighted by atomic mass is 16.5. The minimum absolute atomic E-state index is 0.157. The number of fused-ring (bicyclic) bond motifs is 4. The summed E-state index contributed by atoms with van der Waals surface area (Å²) < 4.78 is 6.21. The van der Waals surface area contributed by atoms with Crippen LogP contribution in [0.2, 0.25) is 0 Å². The molecule has 0 aliphatic carbocycles. The molecule has 4 nitrogen and oxygen atoms in total. The Hall–Kier alpha value is -3.24. The fraction of sp³-hybridized carbons (Fsp3) is 0.286. The van der Waals surface area contributed by atoms with Gasteiger partial charge in [0, 0.05) is 29.8 Å². The van der Waals surface area contributed by atoms with E-state index in [0.717, 1.165) is 41.5 Å². The molecular formula is C28H28N2O2. The molecule has 6 rings (SSSR count). The Bertz CT molecular complexity index is 1140.